The number of aryl methyl sites for hydroxylation is 1. The first-order valence-electron chi connectivity index (χ1n) is 6.03. The molecule has 0 fully saturated rings. The summed E-state index contributed by atoms with van der Waals surface area (Å²) in [6, 6.07) is 5.04. The van der Waals surface area contributed by atoms with Crippen LogP contribution in [0.5, 0.6) is 0 Å². The van der Waals surface area contributed by atoms with Crippen LogP contribution >= 0.6 is 11.3 Å². The zero-order valence-corrected chi connectivity index (χ0v) is 13.2. The van der Waals surface area contributed by atoms with Crippen LogP contribution in [0.1, 0.15) is 24.4 Å². The Hall–Kier alpha value is -1.44. The highest BCUT2D eigenvalue weighted by atomic mass is 32.2. The fourth-order valence-corrected chi connectivity index (χ4v) is 4.53. The number of rotatable bonds is 4. The molecule has 0 atom stereocenters. The van der Waals surface area contributed by atoms with Crippen molar-refractivity contribution >= 4 is 27.0 Å². The largest absolute Gasteiger partial charge is 0.398 e. The Kier molecular flexibility index (Phi) is 3.86. The molecule has 0 aliphatic carbocycles. The van der Waals surface area contributed by atoms with Crippen LogP contribution in [0, 0.1) is 6.92 Å². The van der Waals surface area contributed by atoms with Gasteiger partial charge in [-0.15, -0.1) is 11.3 Å². The van der Waals surface area contributed by atoms with Crippen molar-refractivity contribution in [3.63, 3.8) is 0 Å². The Labute approximate surface area is 122 Å². The number of nitrogens with zero attached hydrogens (tertiary/aromatic N) is 1. The van der Waals surface area contributed by atoms with Crippen molar-refractivity contribution in [3.8, 4) is 0 Å². The lowest BCUT2D eigenvalue weighted by molar-refractivity contribution is 0.470. The minimum absolute atomic E-state index is 0.129. The molecule has 0 unspecified atom stereocenters. The van der Waals surface area contributed by atoms with Crippen LogP contribution in [0.25, 0.3) is 0 Å². The van der Waals surface area contributed by atoms with Crippen LogP contribution in [-0.4, -0.2) is 13.4 Å². The van der Waals surface area contributed by atoms with Crippen molar-refractivity contribution in [2.75, 3.05) is 5.73 Å². The minimum Gasteiger partial charge on any atom is -0.398 e. The molecule has 3 N–H and O–H groups in total. The van der Waals surface area contributed by atoms with Crippen LogP contribution in [0.4, 0.5) is 5.69 Å². The van der Waals surface area contributed by atoms with Crippen LogP contribution in [-0.2, 0) is 15.6 Å². The first-order valence-corrected chi connectivity index (χ1v) is 8.39. The van der Waals surface area contributed by atoms with Crippen molar-refractivity contribution in [2.45, 2.75) is 31.2 Å². The average molecular weight is 311 g/mol. The van der Waals surface area contributed by atoms with E-state index in [9.17, 15) is 8.42 Å². The smallest absolute Gasteiger partial charge is 0.243 e. The molecule has 2 aromatic rings. The maximum Gasteiger partial charge on any atom is 0.243 e. The maximum atomic E-state index is 12.6. The van der Waals surface area contributed by atoms with Gasteiger partial charge in [0.1, 0.15) is 9.90 Å². The molecular formula is C13H17N3O2S2. The van der Waals surface area contributed by atoms with E-state index in [0.29, 0.717) is 10.6 Å². The third-order valence-electron chi connectivity index (χ3n) is 2.87. The second-order valence-electron chi connectivity index (χ2n) is 5.06. The molecule has 0 radical (unpaired) electrons. The van der Waals surface area contributed by atoms with Gasteiger partial charge in [-0.05, 0) is 32.4 Å². The molecule has 108 valence electrons. The molecule has 0 bridgehead atoms. The third-order valence-corrected chi connectivity index (χ3v) is 5.84. The van der Waals surface area contributed by atoms with E-state index in [-0.39, 0.29) is 10.6 Å². The molecule has 5 nitrogen and oxygen atoms in total. The molecule has 7 heteroatoms. The second kappa shape index (κ2) is 5.16. The summed E-state index contributed by atoms with van der Waals surface area (Å²) in [6.07, 6.45) is 1.65. The fraction of sp³-hybridized carbons (Fsp3) is 0.308. The summed E-state index contributed by atoms with van der Waals surface area (Å²) >= 11 is 1.40. The van der Waals surface area contributed by atoms with Crippen molar-refractivity contribution in [2.24, 2.45) is 0 Å². The summed E-state index contributed by atoms with van der Waals surface area (Å²) in [5.41, 5.74) is 5.88. The maximum absolute atomic E-state index is 12.6. The van der Waals surface area contributed by atoms with Gasteiger partial charge >= 0.3 is 0 Å². The highest BCUT2D eigenvalue weighted by Crippen LogP contribution is 2.28. The van der Waals surface area contributed by atoms with E-state index in [2.05, 4.69) is 9.71 Å². The molecular weight excluding hydrogens is 294 g/mol. The molecule has 0 saturated heterocycles. The Morgan fingerprint density at radius 1 is 1.35 bits per heavy atom. The van der Waals surface area contributed by atoms with Crippen molar-refractivity contribution in [1.29, 1.82) is 0 Å². The number of hydrogen-bond acceptors (Lipinski definition) is 5. The van der Waals surface area contributed by atoms with Crippen molar-refractivity contribution in [1.82, 2.24) is 9.71 Å². The number of anilines is 1. The van der Waals surface area contributed by atoms with E-state index in [1.807, 2.05) is 5.38 Å². The third kappa shape index (κ3) is 2.84. The molecule has 0 aliphatic rings. The molecule has 20 heavy (non-hydrogen) atoms. The first kappa shape index (κ1) is 15.0. The lowest BCUT2D eigenvalue weighted by Gasteiger charge is -2.24. The number of nitrogens with two attached hydrogens (primary N) is 1. The molecule has 1 heterocycles. The predicted molar refractivity (Wildman–Crippen MR) is 81.1 cm³/mol. The Morgan fingerprint density at radius 2 is 2.05 bits per heavy atom. The normalized spacial score (nSPS) is 12.6. The molecule has 1 aromatic carbocycles. The van der Waals surface area contributed by atoms with E-state index in [4.69, 9.17) is 5.73 Å². The van der Waals surface area contributed by atoms with Crippen LogP contribution < -0.4 is 10.5 Å². The van der Waals surface area contributed by atoms with Gasteiger partial charge in [-0.2, -0.15) is 4.72 Å². The van der Waals surface area contributed by atoms with Crippen molar-refractivity contribution in [3.05, 3.63) is 40.3 Å². The lowest BCUT2D eigenvalue weighted by atomic mass is 10.1. The number of benzene rings is 1. The van der Waals surface area contributed by atoms with E-state index in [0.717, 1.165) is 0 Å². The standard InChI is InChI=1S/C13H17N3O2S2/c1-9-5-4-6-10(14)11(9)20(17,18)16-13(2,3)12-15-7-8-19-12/h4-8,16H,14H2,1-3H3. The van der Waals surface area contributed by atoms with Gasteiger partial charge in [0.15, 0.2) is 0 Å². The highest BCUT2D eigenvalue weighted by molar-refractivity contribution is 7.89. The predicted octanol–water partition coefficient (Wildman–Crippen LogP) is 2.25. The molecule has 0 saturated carbocycles. The Morgan fingerprint density at radius 3 is 2.60 bits per heavy atom. The van der Waals surface area contributed by atoms with Crippen LogP contribution in [0.15, 0.2) is 34.7 Å². The molecule has 0 amide bonds. The lowest BCUT2D eigenvalue weighted by Crippen LogP contribution is -2.41. The summed E-state index contributed by atoms with van der Waals surface area (Å²) in [6.45, 7) is 5.27. The van der Waals surface area contributed by atoms with Gasteiger partial charge in [-0.3, -0.25) is 0 Å². The first-order chi connectivity index (χ1) is 9.24. The monoisotopic (exact) mass is 311 g/mol. The number of nitrogens with one attached hydrogen (secondary N) is 1. The topological polar surface area (TPSA) is 85.1 Å². The van der Waals surface area contributed by atoms with Gasteiger partial charge in [0.25, 0.3) is 0 Å². The summed E-state index contributed by atoms with van der Waals surface area (Å²) in [4.78, 5) is 4.30. The molecule has 1 aromatic heterocycles. The van der Waals surface area contributed by atoms with Gasteiger partial charge < -0.3 is 5.73 Å². The van der Waals surface area contributed by atoms with Gasteiger partial charge in [-0.1, -0.05) is 12.1 Å². The van der Waals surface area contributed by atoms with E-state index in [1.165, 1.54) is 11.3 Å². The van der Waals surface area contributed by atoms with Gasteiger partial charge in [0.2, 0.25) is 10.0 Å². The highest BCUT2D eigenvalue weighted by Gasteiger charge is 2.31. The molecule has 0 spiro atoms. The summed E-state index contributed by atoms with van der Waals surface area (Å²) in [5, 5.41) is 2.52. The van der Waals surface area contributed by atoms with Crippen LogP contribution in [0.3, 0.4) is 0 Å². The number of aromatic nitrogens is 1. The minimum atomic E-state index is -3.71. The van der Waals surface area contributed by atoms with Gasteiger partial charge in [-0.25, -0.2) is 13.4 Å². The molecule has 2 rings (SSSR count). The SMILES string of the molecule is Cc1cccc(N)c1S(=O)(=O)NC(C)(C)c1nccs1. The quantitative estimate of drug-likeness (QED) is 0.848. The van der Waals surface area contributed by atoms with E-state index < -0.39 is 15.6 Å². The van der Waals surface area contributed by atoms with Gasteiger partial charge in [0, 0.05) is 11.6 Å². The number of thiazole rings is 1. The van der Waals surface area contributed by atoms with E-state index in [1.54, 1.807) is 45.2 Å². The Bertz CT molecular complexity index is 687. The average Bonchev–Trinajstić information content (AvgIpc) is 2.80. The fourth-order valence-electron chi connectivity index (χ4n) is 2.00. The zero-order valence-electron chi connectivity index (χ0n) is 11.5. The van der Waals surface area contributed by atoms with Gasteiger partial charge in [0.05, 0.1) is 11.2 Å². The zero-order chi connectivity index (χ0) is 15.0. The summed E-state index contributed by atoms with van der Waals surface area (Å²) < 4.78 is 27.8. The van der Waals surface area contributed by atoms with Crippen molar-refractivity contribution < 1.29 is 8.42 Å². The number of nitrogen functional groups attached to an aromatic ring is 1. The second-order valence-corrected chi connectivity index (χ2v) is 7.57. The number of sulfonamides is 1. The Balaban J connectivity index is 2.42. The summed E-state index contributed by atoms with van der Waals surface area (Å²) in [5.74, 6) is 0. The summed E-state index contributed by atoms with van der Waals surface area (Å²) in [7, 11) is -3.71. The van der Waals surface area contributed by atoms with E-state index >= 15 is 0 Å². The molecule has 0 aliphatic heterocycles. The number of hydrogen-bond donors (Lipinski definition) is 2. The van der Waals surface area contributed by atoms with Crippen LogP contribution in [0.2, 0.25) is 0 Å².